The van der Waals surface area contributed by atoms with Gasteiger partial charge in [-0.15, -0.1) is 0 Å². The first-order chi connectivity index (χ1) is 17.2. The van der Waals surface area contributed by atoms with E-state index in [1.807, 2.05) is 34.6 Å². The van der Waals surface area contributed by atoms with Crippen LogP contribution in [0.4, 0.5) is 17.1 Å². The van der Waals surface area contributed by atoms with Crippen molar-refractivity contribution in [2.75, 3.05) is 23.6 Å². The van der Waals surface area contributed by atoms with Crippen LogP contribution in [0.3, 0.4) is 0 Å². The topological polar surface area (TPSA) is 124 Å². The van der Waals surface area contributed by atoms with Crippen LogP contribution in [0, 0.1) is 0 Å². The van der Waals surface area contributed by atoms with Gasteiger partial charge in [-0.3, -0.25) is 9.69 Å². The number of fused-ring (bicyclic) bond motifs is 2. The average molecular weight is 515 g/mol. The molecule has 1 fully saturated rings. The van der Waals surface area contributed by atoms with E-state index in [-0.39, 0.29) is 63.9 Å². The van der Waals surface area contributed by atoms with Crippen LogP contribution in [-0.4, -0.2) is 57.5 Å². The lowest BCUT2D eigenvalue weighted by molar-refractivity contribution is -0.0238. The number of para-hydroxylation sites is 1. The van der Waals surface area contributed by atoms with Crippen LogP contribution in [0.1, 0.15) is 71.2 Å². The van der Waals surface area contributed by atoms with Gasteiger partial charge >= 0.3 is 0 Å². The Bertz CT molecular complexity index is 1170. The maximum Gasteiger partial charge on any atom is 0.262 e. The summed E-state index contributed by atoms with van der Waals surface area (Å²) in [6.45, 7) is 12.6. The summed E-state index contributed by atoms with van der Waals surface area (Å²) in [6.07, 6.45) is 2.43. The Morgan fingerprint density at radius 3 is 2.49 bits per heavy atom. The number of nitrogens with one attached hydrogen (secondary N) is 1. The Kier molecular flexibility index (Phi) is 7.09. The minimum Gasteiger partial charge on any atom is -0.508 e. The zero-order chi connectivity index (χ0) is 27.2. The predicted molar refractivity (Wildman–Crippen MR) is 141 cm³/mol. The molecule has 37 heavy (non-hydrogen) atoms. The zero-order valence-corrected chi connectivity index (χ0v) is 22.4. The quantitative estimate of drug-likeness (QED) is 0.199. The van der Waals surface area contributed by atoms with Gasteiger partial charge in [0.15, 0.2) is 0 Å². The number of phenolic OH excluding ortho intramolecular Hbond substituents is 3. The van der Waals surface area contributed by atoms with Gasteiger partial charge in [-0.25, -0.2) is 0 Å². The van der Waals surface area contributed by atoms with Crippen LogP contribution in [0.5, 0.6) is 17.2 Å². The number of epoxide rings is 1. The molecule has 2 atom stereocenters. The molecule has 2 aromatic rings. The van der Waals surface area contributed by atoms with E-state index in [1.165, 1.54) is 23.1 Å². The lowest BCUT2D eigenvalue weighted by Crippen LogP contribution is -2.38. The molecule has 9 nitrogen and oxygen atoms in total. The lowest BCUT2D eigenvalue weighted by atomic mass is 9.95. The van der Waals surface area contributed by atoms with Gasteiger partial charge < -0.3 is 34.8 Å². The van der Waals surface area contributed by atoms with Crippen LogP contribution >= 0.6 is 0 Å². The Balaban J connectivity index is 1.44. The standard InChI is InChI=1S/C28H38N2O7/c1-26(2,3)35-13-12-28(6)22(37-28)10-11-27(4,5)36-16-30-19-14-17(31)15-21(33)24(19)29-23-18(25(30)34)8-7-9-20(23)32/h7-9,14-15,22,29,31-33H,10-13,16H2,1-6H3. The summed E-state index contributed by atoms with van der Waals surface area (Å²) in [6, 6.07) is 7.16. The van der Waals surface area contributed by atoms with Crippen molar-refractivity contribution in [3.8, 4) is 17.2 Å². The molecule has 0 spiro atoms. The number of anilines is 3. The van der Waals surface area contributed by atoms with E-state index in [9.17, 15) is 20.1 Å². The second-order valence-electron chi connectivity index (χ2n) is 11.6. The number of ether oxygens (including phenoxy) is 3. The lowest BCUT2D eigenvalue weighted by Gasteiger charge is -2.30. The van der Waals surface area contributed by atoms with E-state index in [1.54, 1.807) is 12.1 Å². The molecule has 4 rings (SSSR count). The smallest absolute Gasteiger partial charge is 0.262 e. The van der Waals surface area contributed by atoms with Crippen molar-refractivity contribution in [1.82, 2.24) is 0 Å². The minimum atomic E-state index is -0.588. The Morgan fingerprint density at radius 1 is 1.05 bits per heavy atom. The van der Waals surface area contributed by atoms with Gasteiger partial charge in [0, 0.05) is 18.6 Å². The Morgan fingerprint density at radius 2 is 1.78 bits per heavy atom. The number of amides is 1. The van der Waals surface area contributed by atoms with E-state index in [2.05, 4.69) is 12.2 Å². The van der Waals surface area contributed by atoms with Gasteiger partial charge in [0.25, 0.3) is 5.91 Å². The number of phenols is 3. The maximum absolute atomic E-state index is 13.5. The van der Waals surface area contributed by atoms with Crippen molar-refractivity contribution < 1.29 is 34.3 Å². The summed E-state index contributed by atoms with van der Waals surface area (Å²) in [5.74, 6) is -1.03. The summed E-state index contributed by atoms with van der Waals surface area (Å²) >= 11 is 0. The summed E-state index contributed by atoms with van der Waals surface area (Å²) in [4.78, 5) is 14.9. The fraction of sp³-hybridized carbons (Fsp3) is 0.536. The average Bonchev–Trinajstić information content (AvgIpc) is 3.46. The molecule has 2 aromatic carbocycles. The van der Waals surface area contributed by atoms with E-state index >= 15 is 0 Å². The van der Waals surface area contributed by atoms with E-state index in [0.717, 1.165) is 12.8 Å². The number of benzene rings is 2. The molecule has 1 amide bonds. The molecule has 202 valence electrons. The first kappa shape index (κ1) is 27.0. The molecule has 0 bridgehead atoms. The van der Waals surface area contributed by atoms with Gasteiger partial charge in [-0.2, -0.15) is 0 Å². The number of hydrogen-bond acceptors (Lipinski definition) is 8. The third-order valence-corrected chi connectivity index (χ3v) is 6.90. The number of nitrogens with zero attached hydrogens (tertiary/aromatic N) is 1. The molecule has 0 saturated carbocycles. The molecule has 0 radical (unpaired) electrons. The van der Waals surface area contributed by atoms with Crippen LogP contribution < -0.4 is 10.2 Å². The summed E-state index contributed by atoms with van der Waals surface area (Å²) < 4.78 is 18.0. The summed E-state index contributed by atoms with van der Waals surface area (Å²) in [5, 5.41) is 34.0. The van der Waals surface area contributed by atoms with Gasteiger partial charge in [-0.05, 0) is 66.5 Å². The first-order valence-corrected chi connectivity index (χ1v) is 12.6. The molecular weight excluding hydrogens is 476 g/mol. The van der Waals surface area contributed by atoms with Crippen molar-refractivity contribution in [3.63, 3.8) is 0 Å². The first-order valence-electron chi connectivity index (χ1n) is 12.6. The fourth-order valence-electron chi connectivity index (χ4n) is 4.52. The van der Waals surface area contributed by atoms with Crippen LogP contribution in [-0.2, 0) is 14.2 Å². The number of carbonyl (C=O) groups is 1. The van der Waals surface area contributed by atoms with Crippen LogP contribution in [0.25, 0.3) is 0 Å². The molecule has 2 aliphatic rings. The van der Waals surface area contributed by atoms with Crippen molar-refractivity contribution in [1.29, 1.82) is 0 Å². The van der Waals surface area contributed by atoms with E-state index in [0.29, 0.717) is 13.0 Å². The molecule has 0 aromatic heterocycles. The normalized spacial score (nSPS) is 21.2. The van der Waals surface area contributed by atoms with Crippen LogP contribution in [0.2, 0.25) is 0 Å². The van der Waals surface area contributed by atoms with Crippen molar-refractivity contribution in [3.05, 3.63) is 35.9 Å². The molecule has 1 saturated heterocycles. The van der Waals surface area contributed by atoms with Crippen LogP contribution in [0.15, 0.2) is 30.3 Å². The molecule has 4 N–H and O–H groups in total. The van der Waals surface area contributed by atoms with Gasteiger partial charge in [-0.1, -0.05) is 6.07 Å². The second-order valence-corrected chi connectivity index (χ2v) is 11.6. The zero-order valence-electron chi connectivity index (χ0n) is 22.4. The van der Waals surface area contributed by atoms with E-state index < -0.39 is 11.5 Å². The fourth-order valence-corrected chi connectivity index (χ4v) is 4.52. The number of rotatable bonds is 9. The summed E-state index contributed by atoms with van der Waals surface area (Å²) in [5.41, 5.74) is -0.142. The highest BCUT2D eigenvalue weighted by Gasteiger charge is 2.51. The molecule has 9 heteroatoms. The van der Waals surface area contributed by atoms with Gasteiger partial charge in [0.05, 0.1) is 46.5 Å². The van der Waals surface area contributed by atoms with Crippen molar-refractivity contribution in [2.45, 2.75) is 83.7 Å². The second kappa shape index (κ2) is 9.70. The molecule has 0 aliphatic carbocycles. The highest BCUT2D eigenvalue weighted by atomic mass is 16.6. The number of hydrogen-bond donors (Lipinski definition) is 4. The predicted octanol–water partition coefficient (Wildman–Crippen LogP) is 5.40. The molecule has 2 unspecified atom stereocenters. The largest absolute Gasteiger partial charge is 0.508 e. The van der Waals surface area contributed by atoms with E-state index in [4.69, 9.17) is 14.2 Å². The molecule has 2 aliphatic heterocycles. The van der Waals surface area contributed by atoms with Gasteiger partial charge in [0.1, 0.15) is 29.7 Å². The highest BCUT2D eigenvalue weighted by Crippen LogP contribution is 2.46. The van der Waals surface area contributed by atoms with Crippen molar-refractivity contribution in [2.24, 2.45) is 0 Å². The third-order valence-electron chi connectivity index (χ3n) is 6.90. The Hall–Kier alpha value is -3.01. The number of aromatic hydroxyl groups is 3. The number of carbonyl (C=O) groups excluding carboxylic acids is 1. The van der Waals surface area contributed by atoms with Crippen molar-refractivity contribution >= 4 is 23.0 Å². The van der Waals surface area contributed by atoms with Gasteiger partial charge in [0.2, 0.25) is 0 Å². The molecular formula is C28H38N2O7. The molecule has 2 heterocycles. The Labute approximate surface area is 218 Å². The minimum absolute atomic E-state index is 0.118. The summed E-state index contributed by atoms with van der Waals surface area (Å²) in [7, 11) is 0. The maximum atomic E-state index is 13.5. The monoisotopic (exact) mass is 514 g/mol. The highest BCUT2D eigenvalue weighted by molar-refractivity contribution is 6.15. The third kappa shape index (κ3) is 6.11. The SMILES string of the molecule is CC(C)(C)OCCC1(C)OC1CCC(C)(C)OCN1C(=O)c2cccc(O)c2Nc2c(O)cc(O)cc21.